The Bertz CT molecular complexity index is 619. The van der Waals surface area contributed by atoms with E-state index < -0.39 is 0 Å². The summed E-state index contributed by atoms with van der Waals surface area (Å²) in [5.74, 6) is 1.32. The highest BCUT2D eigenvalue weighted by Gasteiger charge is 2.13. The summed E-state index contributed by atoms with van der Waals surface area (Å²) in [6.45, 7) is 6.59. The van der Waals surface area contributed by atoms with Gasteiger partial charge < -0.3 is 14.5 Å². The number of amides is 1. The van der Waals surface area contributed by atoms with Crippen molar-refractivity contribution in [3.63, 3.8) is 0 Å². The van der Waals surface area contributed by atoms with Gasteiger partial charge in [0.2, 0.25) is 0 Å². The van der Waals surface area contributed by atoms with Crippen molar-refractivity contribution >= 4 is 21.8 Å². The van der Waals surface area contributed by atoms with Crippen molar-refractivity contribution in [3.05, 3.63) is 52.4 Å². The molecule has 1 heterocycles. The third-order valence-corrected chi connectivity index (χ3v) is 3.65. The second kappa shape index (κ2) is 7.49. The number of ether oxygens (including phenoxy) is 1. The van der Waals surface area contributed by atoms with Crippen LogP contribution in [0.3, 0.4) is 0 Å². The summed E-state index contributed by atoms with van der Waals surface area (Å²) in [6, 6.07) is 11.2. The van der Waals surface area contributed by atoms with Crippen molar-refractivity contribution in [2.45, 2.75) is 32.7 Å². The van der Waals surface area contributed by atoms with Crippen LogP contribution in [0.15, 0.2) is 45.5 Å². The summed E-state index contributed by atoms with van der Waals surface area (Å²) in [5, 5.41) is 2.83. The van der Waals surface area contributed by atoms with Gasteiger partial charge in [-0.3, -0.25) is 4.79 Å². The average molecular weight is 366 g/mol. The number of carbonyl (C=O) groups excluding carboxylic acids is 1. The van der Waals surface area contributed by atoms with E-state index in [-0.39, 0.29) is 17.7 Å². The lowest BCUT2D eigenvalue weighted by Crippen LogP contribution is -2.36. The van der Waals surface area contributed by atoms with Crippen LogP contribution in [0.2, 0.25) is 0 Å². The van der Waals surface area contributed by atoms with E-state index >= 15 is 0 Å². The third kappa shape index (κ3) is 4.63. The standard InChI is InChI=1S/C17H20BrNO3/c1-11(2)13-4-6-14(7-5-13)21-10-12(3)19-17(20)15-8-9-16(18)22-15/h4-9,11-12H,10H2,1-3H3,(H,19,20)/t12-/m1/s1. The molecular formula is C17H20BrNO3. The van der Waals surface area contributed by atoms with Crippen molar-refractivity contribution in [1.82, 2.24) is 5.32 Å². The molecule has 1 amide bonds. The average Bonchev–Trinajstić information content (AvgIpc) is 2.92. The van der Waals surface area contributed by atoms with Crippen LogP contribution in [0.5, 0.6) is 5.75 Å². The lowest BCUT2D eigenvalue weighted by molar-refractivity contribution is 0.0897. The Morgan fingerprint density at radius 3 is 2.41 bits per heavy atom. The number of benzene rings is 1. The maximum atomic E-state index is 11.9. The molecule has 1 N–H and O–H groups in total. The number of hydrogen-bond acceptors (Lipinski definition) is 3. The van der Waals surface area contributed by atoms with Crippen LogP contribution in [0, 0.1) is 0 Å². The Kier molecular flexibility index (Phi) is 5.66. The highest BCUT2D eigenvalue weighted by molar-refractivity contribution is 9.10. The van der Waals surface area contributed by atoms with Crippen molar-refractivity contribution in [2.24, 2.45) is 0 Å². The predicted octanol–water partition coefficient (Wildman–Crippen LogP) is 4.36. The Balaban J connectivity index is 1.82. The molecule has 0 unspecified atom stereocenters. The number of nitrogens with one attached hydrogen (secondary N) is 1. The summed E-state index contributed by atoms with van der Waals surface area (Å²) in [6.07, 6.45) is 0. The summed E-state index contributed by atoms with van der Waals surface area (Å²) >= 11 is 3.17. The van der Waals surface area contributed by atoms with E-state index in [0.29, 0.717) is 17.2 Å². The fraction of sp³-hybridized carbons (Fsp3) is 0.353. The fourth-order valence-corrected chi connectivity index (χ4v) is 2.25. The first kappa shape index (κ1) is 16.6. The lowest BCUT2D eigenvalue weighted by atomic mass is 10.0. The molecule has 0 aliphatic rings. The maximum Gasteiger partial charge on any atom is 0.287 e. The summed E-state index contributed by atoms with van der Waals surface area (Å²) in [4.78, 5) is 11.9. The van der Waals surface area contributed by atoms with Crippen LogP contribution >= 0.6 is 15.9 Å². The van der Waals surface area contributed by atoms with E-state index in [2.05, 4.69) is 47.2 Å². The minimum Gasteiger partial charge on any atom is -0.491 e. The minimum absolute atomic E-state index is 0.124. The van der Waals surface area contributed by atoms with Gasteiger partial charge in [0.1, 0.15) is 12.4 Å². The van der Waals surface area contributed by atoms with Crippen LogP contribution in [-0.2, 0) is 0 Å². The van der Waals surface area contributed by atoms with Gasteiger partial charge in [0.15, 0.2) is 10.4 Å². The zero-order chi connectivity index (χ0) is 16.1. The van der Waals surface area contributed by atoms with E-state index in [1.807, 2.05) is 19.1 Å². The normalized spacial score (nSPS) is 12.2. The van der Waals surface area contributed by atoms with Crippen LogP contribution in [0.4, 0.5) is 0 Å². The van der Waals surface area contributed by atoms with E-state index in [9.17, 15) is 4.79 Å². The molecule has 0 radical (unpaired) electrons. The largest absolute Gasteiger partial charge is 0.491 e. The Labute approximate surface area is 139 Å². The molecule has 4 nitrogen and oxygen atoms in total. The molecule has 2 aromatic rings. The van der Waals surface area contributed by atoms with Gasteiger partial charge in [0.25, 0.3) is 5.91 Å². The fourth-order valence-electron chi connectivity index (χ4n) is 1.94. The Hall–Kier alpha value is -1.75. The van der Waals surface area contributed by atoms with Crippen LogP contribution in [0.1, 0.15) is 42.8 Å². The van der Waals surface area contributed by atoms with Gasteiger partial charge in [-0.25, -0.2) is 0 Å². The molecule has 22 heavy (non-hydrogen) atoms. The van der Waals surface area contributed by atoms with Crippen molar-refractivity contribution in [2.75, 3.05) is 6.61 Å². The number of halogens is 1. The summed E-state index contributed by atoms with van der Waals surface area (Å²) < 4.78 is 11.4. The van der Waals surface area contributed by atoms with E-state index in [0.717, 1.165) is 5.75 Å². The molecule has 2 rings (SSSR count). The molecule has 5 heteroatoms. The van der Waals surface area contributed by atoms with Crippen molar-refractivity contribution < 1.29 is 13.9 Å². The highest BCUT2D eigenvalue weighted by atomic mass is 79.9. The van der Waals surface area contributed by atoms with E-state index in [1.54, 1.807) is 12.1 Å². The molecule has 0 spiro atoms. The molecule has 0 bridgehead atoms. The first-order valence-corrected chi connectivity index (χ1v) is 8.04. The molecule has 0 fully saturated rings. The topological polar surface area (TPSA) is 51.5 Å². The zero-order valence-corrected chi connectivity index (χ0v) is 14.5. The Morgan fingerprint density at radius 2 is 1.86 bits per heavy atom. The molecular weight excluding hydrogens is 346 g/mol. The number of hydrogen-bond donors (Lipinski definition) is 1. The third-order valence-electron chi connectivity index (χ3n) is 3.22. The molecule has 1 aromatic heterocycles. The molecule has 0 aliphatic carbocycles. The van der Waals surface area contributed by atoms with Gasteiger partial charge in [0.05, 0.1) is 6.04 Å². The molecule has 118 valence electrons. The minimum atomic E-state index is -0.253. The van der Waals surface area contributed by atoms with E-state index in [4.69, 9.17) is 9.15 Å². The summed E-state index contributed by atoms with van der Waals surface area (Å²) in [5.41, 5.74) is 1.28. The van der Waals surface area contributed by atoms with Crippen LogP contribution in [-0.4, -0.2) is 18.6 Å². The molecule has 1 atom stereocenters. The van der Waals surface area contributed by atoms with Gasteiger partial charge in [-0.1, -0.05) is 26.0 Å². The van der Waals surface area contributed by atoms with Gasteiger partial charge in [0, 0.05) is 0 Å². The second-order valence-corrected chi connectivity index (χ2v) is 6.29. The smallest absolute Gasteiger partial charge is 0.287 e. The van der Waals surface area contributed by atoms with Gasteiger partial charge >= 0.3 is 0 Å². The molecule has 0 saturated heterocycles. The van der Waals surface area contributed by atoms with Gasteiger partial charge in [-0.15, -0.1) is 0 Å². The van der Waals surface area contributed by atoms with Crippen molar-refractivity contribution in [3.8, 4) is 5.75 Å². The SMILES string of the molecule is CC(C)c1ccc(OC[C@@H](C)NC(=O)c2ccc(Br)o2)cc1. The first-order valence-electron chi connectivity index (χ1n) is 7.24. The highest BCUT2D eigenvalue weighted by Crippen LogP contribution is 2.18. The molecule has 1 aromatic carbocycles. The quantitative estimate of drug-likeness (QED) is 0.826. The van der Waals surface area contributed by atoms with Crippen LogP contribution < -0.4 is 10.1 Å². The van der Waals surface area contributed by atoms with Gasteiger partial charge in [-0.05, 0) is 58.6 Å². The number of carbonyl (C=O) groups is 1. The van der Waals surface area contributed by atoms with E-state index in [1.165, 1.54) is 5.56 Å². The zero-order valence-electron chi connectivity index (χ0n) is 12.9. The van der Waals surface area contributed by atoms with Gasteiger partial charge in [-0.2, -0.15) is 0 Å². The number of furan rings is 1. The molecule has 0 aliphatic heterocycles. The number of rotatable bonds is 6. The second-order valence-electron chi connectivity index (χ2n) is 5.51. The van der Waals surface area contributed by atoms with Crippen LogP contribution in [0.25, 0.3) is 0 Å². The predicted molar refractivity (Wildman–Crippen MR) is 89.4 cm³/mol. The summed E-state index contributed by atoms with van der Waals surface area (Å²) in [7, 11) is 0. The molecule has 0 saturated carbocycles. The monoisotopic (exact) mass is 365 g/mol. The first-order chi connectivity index (χ1) is 10.5. The lowest BCUT2D eigenvalue weighted by Gasteiger charge is -2.15. The maximum absolute atomic E-state index is 11.9. The Morgan fingerprint density at radius 1 is 1.18 bits per heavy atom. The van der Waals surface area contributed by atoms with Crippen molar-refractivity contribution in [1.29, 1.82) is 0 Å².